The summed E-state index contributed by atoms with van der Waals surface area (Å²) in [7, 11) is 1.98. The molecule has 0 aliphatic carbocycles. The predicted molar refractivity (Wildman–Crippen MR) is 97.2 cm³/mol. The Hall–Kier alpha value is -1.55. The van der Waals surface area contributed by atoms with Crippen LogP contribution in [0.25, 0.3) is 0 Å². The molecule has 0 radical (unpaired) electrons. The normalized spacial score (nSPS) is 27.9. The lowest BCUT2D eigenvalue weighted by Gasteiger charge is -2.47. The molecule has 3 aliphatic rings. The second kappa shape index (κ2) is 6.40. The van der Waals surface area contributed by atoms with Crippen LogP contribution in [0.5, 0.6) is 0 Å². The highest BCUT2D eigenvalue weighted by Gasteiger charge is 2.41. The zero-order valence-corrected chi connectivity index (χ0v) is 14.8. The molecule has 1 aromatic carbocycles. The van der Waals surface area contributed by atoms with Gasteiger partial charge in [0.15, 0.2) is 0 Å². The van der Waals surface area contributed by atoms with Crippen LogP contribution in [0, 0.1) is 5.41 Å². The van der Waals surface area contributed by atoms with E-state index in [9.17, 15) is 4.79 Å². The molecule has 4 heteroatoms. The molecule has 4 rings (SSSR count). The molecule has 3 heterocycles. The highest BCUT2D eigenvalue weighted by Crippen LogP contribution is 2.40. The Kier molecular flexibility index (Phi) is 4.25. The van der Waals surface area contributed by atoms with E-state index in [1.807, 2.05) is 11.9 Å². The molecule has 3 aliphatic heterocycles. The van der Waals surface area contributed by atoms with Crippen molar-refractivity contribution in [3.05, 3.63) is 30.3 Å². The van der Waals surface area contributed by atoms with Crippen LogP contribution < -0.4 is 4.90 Å². The van der Waals surface area contributed by atoms with Gasteiger partial charge in [-0.1, -0.05) is 18.2 Å². The first-order valence-corrected chi connectivity index (χ1v) is 9.43. The summed E-state index contributed by atoms with van der Waals surface area (Å²) in [5, 5.41) is 0. The van der Waals surface area contributed by atoms with Crippen molar-refractivity contribution in [2.45, 2.75) is 38.1 Å². The number of para-hydroxylation sites is 1. The van der Waals surface area contributed by atoms with Gasteiger partial charge in [-0.15, -0.1) is 0 Å². The lowest BCUT2D eigenvalue weighted by Crippen LogP contribution is -2.52. The van der Waals surface area contributed by atoms with Crippen molar-refractivity contribution in [3.8, 4) is 0 Å². The fraction of sp³-hybridized carbons (Fsp3) is 0.650. The first kappa shape index (κ1) is 15.9. The van der Waals surface area contributed by atoms with Crippen molar-refractivity contribution in [2.75, 3.05) is 44.7 Å². The first-order chi connectivity index (χ1) is 11.7. The third-order valence-corrected chi connectivity index (χ3v) is 6.53. The summed E-state index contributed by atoms with van der Waals surface area (Å²) in [6.45, 7) is 5.72. The fourth-order valence-electron chi connectivity index (χ4n) is 4.92. The van der Waals surface area contributed by atoms with E-state index in [0.29, 0.717) is 17.4 Å². The SMILES string of the molecule is CN1CC2(CCC1=O)CCN([C@@H]1CCN(c3ccccc3)C1)CC2. The summed E-state index contributed by atoms with van der Waals surface area (Å²) in [4.78, 5) is 19.0. The average molecular weight is 327 g/mol. The van der Waals surface area contributed by atoms with Crippen LogP contribution >= 0.6 is 0 Å². The Balaban J connectivity index is 1.33. The van der Waals surface area contributed by atoms with E-state index in [2.05, 4.69) is 40.1 Å². The van der Waals surface area contributed by atoms with Gasteiger partial charge < -0.3 is 9.80 Å². The minimum Gasteiger partial charge on any atom is -0.370 e. The number of rotatable bonds is 2. The zero-order chi connectivity index (χ0) is 16.6. The maximum atomic E-state index is 11.8. The largest absolute Gasteiger partial charge is 0.370 e. The number of carbonyl (C=O) groups excluding carboxylic acids is 1. The van der Waals surface area contributed by atoms with Gasteiger partial charge in [-0.25, -0.2) is 0 Å². The number of likely N-dealkylation sites (tertiary alicyclic amines) is 2. The molecule has 3 fully saturated rings. The van der Waals surface area contributed by atoms with Crippen molar-refractivity contribution in [1.82, 2.24) is 9.80 Å². The third kappa shape index (κ3) is 3.04. The van der Waals surface area contributed by atoms with Crippen LogP contribution in [0.1, 0.15) is 32.1 Å². The van der Waals surface area contributed by atoms with Gasteiger partial charge in [0.25, 0.3) is 0 Å². The summed E-state index contributed by atoms with van der Waals surface area (Å²) in [6.07, 6.45) is 5.64. The van der Waals surface area contributed by atoms with E-state index in [0.717, 1.165) is 25.9 Å². The Morgan fingerprint density at radius 2 is 1.79 bits per heavy atom. The van der Waals surface area contributed by atoms with Crippen LogP contribution in [0.15, 0.2) is 30.3 Å². The molecule has 0 unspecified atom stereocenters. The van der Waals surface area contributed by atoms with Crippen molar-refractivity contribution >= 4 is 11.6 Å². The standard InChI is InChI=1S/C20H29N3O/c1-21-16-20(9-7-19(21)24)10-13-22(14-11-20)18-8-12-23(15-18)17-5-3-2-4-6-17/h2-6,18H,7-16H2,1H3/t18-/m1/s1. The second-order valence-corrected chi connectivity index (χ2v) is 8.01. The van der Waals surface area contributed by atoms with Gasteiger partial charge in [0.2, 0.25) is 5.91 Å². The summed E-state index contributed by atoms with van der Waals surface area (Å²) < 4.78 is 0. The first-order valence-electron chi connectivity index (χ1n) is 9.43. The number of piperidine rings is 2. The fourth-order valence-corrected chi connectivity index (χ4v) is 4.92. The lowest BCUT2D eigenvalue weighted by molar-refractivity contribution is -0.137. The topological polar surface area (TPSA) is 26.8 Å². The number of benzene rings is 1. The van der Waals surface area contributed by atoms with E-state index >= 15 is 0 Å². The Morgan fingerprint density at radius 3 is 2.50 bits per heavy atom. The van der Waals surface area contributed by atoms with Crippen LogP contribution in [0.3, 0.4) is 0 Å². The monoisotopic (exact) mass is 327 g/mol. The molecule has 24 heavy (non-hydrogen) atoms. The Morgan fingerprint density at radius 1 is 1.04 bits per heavy atom. The Bertz CT molecular complexity index is 580. The summed E-state index contributed by atoms with van der Waals surface area (Å²) >= 11 is 0. The van der Waals surface area contributed by atoms with Gasteiger partial charge in [0, 0.05) is 44.8 Å². The van der Waals surface area contributed by atoms with Crippen molar-refractivity contribution < 1.29 is 4.79 Å². The number of carbonyl (C=O) groups is 1. The van der Waals surface area contributed by atoms with Gasteiger partial charge in [-0.2, -0.15) is 0 Å². The number of nitrogens with zero attached hydrogens (tertiary/aromatic N) is 3. The highest BCUT2D eigenvalue weighted by atomic mass is 16.2. The molecule has 1 spiro atoms. The van der Waals surface area contributed by atoms with Gasteiger partial charge in [0.1, 0.15) is 0 Å². The number of hydrogen-bond acceptors (Lipinski definition) is 3. The molecule has 1 atom stereocenters. The quantitative estimate of drug-likeness (QED) is 0.835. The summed E-state index contributed by atoms with van der Waals surface area (Å²) in [5.74, 6) is 0.331. The molecule has 130 valence electrons. The smallest absolute Gasteiger partial charge is 0.222 e. The van der Waals surface area contributed by atoms with Crippen LogP contribution in [-0.2, 0) is 4.79 Å². The lowest BCUT2D eigenvalue weighted by atomic mass is 9.72. The maximum absolute atomic E-state index is 11.8. The van der Waals surface area contributed by atoms with Gasteiger partial charge in [0.05, 0.1) is 0 Å². The highest BCUT2D eigenvalue weighted by molar-refractivity contribution is 5.76. The number of amides is 1. The molecule has 0 N–H and O–H groups in total. The molecule has 1 amide bonds. The number of anilines is 1. The summed E-state index contributed by atoms with van der Waals surface area (Å²) in [5.41, 5.74) is 1.76. The van der Waals surface area contributed by atoms with Crippen LogP contribution in [-0.4, -0.2) is 61.5 Å². The Labute approximate surface area is 145 Å². The van der Waals surface area contributed by atoms with E-state index < -0.39 is 0 Å². The molecular formula is C20H29N3O. The van der Waals surface area contributed by atoms with E-state index in [-0.39, 0.29) is 0 Å². The molecule has 0 saturated carbocycles. The minimum absolute atomic E-state index is 0.331. The van der Waals surface area contributed by atoms with Crippen molar-refractivity contribution in [3.63, 3.8) is 0 Å². The van der Waals surface area contributed by atoms with Crippen molar-refractivity contribution in [2.24, 2.45) is 5.41 Å². The average Bonchev–Trinajstić information content (AvgIpc) is 3.10. The van der Waals surface area contributed by atoms with E-state index in [4.69, 9.17) is 0 Å². The second-order valence-electron chi connectivity index (χ2n) is 8.01. The molecular weight excluding hydrogens is 298 g/mol. The van der Waals surface area contributed by atoms with E-state index in [1.54, 1.807) is 0 Å². The molecule has 1 aromatic rings. The predicted octanol–water partition coefficient (Wildman–Crippen LogP) is 2.60. The third-order valence-electron chi connectivity index (χ3n) is 6.53. The van der Waals surface area contributed by atoms with E-state index in [1.165, 1.54) is 44.6 Å². The van der Waals surface area contributed by atoms with Crippen molar-refractivity contribution in [1.29, 1.82) is 0 Å². The van der Waals surface area contributed by atoms with Gasteiger partial charge in [-0.05, 0) is 56.3 Å². The van der Waals surface area contributed by atoms with Crippen LogP contribution in [0.4, 0.5) is 5.69 Å². The molecule has 0 aromatic heterocycles. The molecule has 3 saturated heterocycles. The van der Waals surface area contributed by atoms with Crippen LogP contribution in [0.2, 0.25) is 0 Å². The zero-order valence-electron chi connectivity index (χ0n) is 14.8. The minimum atomic E-state index is 0.331. The number of hydrogen-bond donors (Lipinski definition) is 0. The summed E-state index contributed by atoms with van der Waals surface area (Å²) in [6, 6.07) is 11.5. The molecule has 4 nitrogen and oxygen atoms in total. The molecule has 0 bridgehead atoms. The van der Waals surface area contributed by atoms with Gasteiger partial charge >= 0.3 is 0 Å². The maximum Gasteiger partial charge on any atom is 0.222 e. The van der Waals surface area contributed by atoms with Gasteiger partial charge in [-0.3, -0.25) is 9.69 Å².